The van der Waals surface area contributed by atoms with Crippen LogP contribution in [0.2, 0.25) is 0 Å². The number of nitrogens with one attached hydrogen (secondary N) is 1. The first-order chi connectivity index (χ1) is 19.7. The van der Waals surface area contributed by atoms with Gasteiger partial charge in [-0.15, -0.1) is 0 Å². The van der Waals surface area contributed by atoms with Crippen molar-refractivity contribution in [1.29, 1.82) is 0 Å². The fourth-order valence-electron chi connectivity index (χ4n) is 5.76. The smallest absolute Gasteiger partial charge is 0.412 e. The Morgan fingerprint density at radius 2 is 1.63 bits per heavy atom. The van der Waals surface area contributed by atoms with Crippen LogP contribution >= 0.6 is 0 Å². The Kier molecular flexibility index (Phi) is 14.0. The molecule has 3 rings (SSSR count). The van der Waals surface area contributed by atoms with Crippen LogP contribution in [0.1, 0.15) is 110 Å². The molecule has 41 heavy (non-hydrogen) atoms. The molecule has 4 N–H and O–H groups in total. The van der Waals surface area contributed by atoms with Crippen LogP contribution in [0.15, 0.2) is 11.8 Å². The van der Waals surface area contributed by atoms with E-state index in [1.807, 2.05) is 0 Å². The predicted molar refractivity (Wildman–Crippen MR) is 150 cm³/mol. The highest BCUT2D eigenvalue weighted by Crippen LogP contribution is 2.31. The lowest BCUT2D eigenvalue weighted by Gasteiger charge is -2.40. The Labute approximate surface area is 243 Å². The number of amides is 3. The normalized spacial score (nSPS) is 29.4. The van der Waals surface area contributed by atoms with Crippen molar-refractivity contribution in [2.45, 2.75) is 153 Å². The van der Waals surface area contributed by atoms with Gasteiger partial charge in [0.2, 0.25) is 5.91 Å². The van der Waals surface area contributed by atoms with Gasteiger partial charge < -0.3 is 29.5 Å². The highest BCUT2D eigenvalue weighted by atomic mass is 16.7. The van der Waals surface area contributed by atoms with Crippen LogP contribution < -0.4 is 5.32 Å². The van der Waals surface area contributed by atoms with E-state index in [1.54, 1.807) is 11.8 Å². The van der Waals surface area contributed by atoms with Crippen molar-refractivity contribution in [3.8, 4) is 0 Å². The molecule has 3 fully saturated rings. The molecule has 0 spiro atoms. The quantitative estimate of drug-likeness (QED) is 0.149. The molecule has 0 bridgehead atoms. The molecular weight excluding hydrogens is 532 g/mol. The van der Waals surface area contributed by atoms with Gasteiger partial charge in [-0.1, -0.05) is 77.6 Å². The van der Waals surface area contributed by atoms with Crippen molar-refractivity contribution < 1.29 is 43.9 Å². The summed E-state index contributed by atoms with van der Waals surface area (Å²) < 4.78 is 16.7. The molecule has 0 aromatic carbocycles. The molecule has 3 aliphatic heterocycles. The monoisotopic (exact) mass is 582 g/mol. The zero-order valence-corrected chi connectivity index (χ0v) is 24.7. The summed E-state index contributed by atoms with van der Waals surface area (Å²) in [6.07, 6.45) is 8.55. The third-order valence-electron chi connectivity index (χ3n) is 8.23. The second kappa shape index (κ2) is 17.2. The van der Waals surface area contributed by atoms with E-state index in [9.17, 15) is 29.7 Å². The second-order valence-corrected chi connectivity index (χ2v) is 11.6. The van der Waals surface area contributed by atoms with Crippen LogP contribution in [-0.4, -0.2) is 87.5 Å². The topological polar surface area (TPSA) is 155 Å². The second-order valence-electron chi connectivity index (χ2n) is 11.6. The number of aliphatic hydroxyl groups is 3. The van der Waals surface area contributed by atoms with E-state index >= 15 is 0 Å². The highest BCUT2D eigenvalue weighted by Gasteiger charge is 2.44. The molecule has 0 saturated carbocycles. The lowest BCUT2D eigenvalue weighted by molar-refractivity contribution is -0.304. The van der Waals surface area contributed by atoms with Gasteiger partial charge in [-0.3, -0.25) is 19.8 Å². The molecule has 0 aromatic heterocycles. The Morgan fingerprint density at radius 1 is 1.00 bits per heavy atom. The number of cyclic esters (lactones) is 1. The maximum atomic E-state index is 12.8. The molecule has 3 aliphatic rings. The highest BCUT2D eigenvalue weighted by molar-refractivity contribution is 6.01. The van der Waals surface area contributed by atoms with E-state index in [2.05, 4.69) is 12.2 Å². The SMILES string of the molecule is CCCCCCCCCCCCCC(CC(=O)NC(=O)/C=C1/OC(=O)N2CCCC12)O[C@@H]1O[C@@H](C)[C@H](O)[C@@H](O)[C@H]1O. The summed E-state index contributed by atoms with van der Waals surface area (Å²) in [5.41, 5.74) is 0. The molecule has 0 aliphatic carbocycles. The van der Waals surface area contributed by atoms with Gasteiger partial charge in [-0.05, 0) is 26.2 Å². The van der Waals surface area contributed by atoms with E-state index in [-0.39, 0.29) is 18.2 Å². The first-order valence-corrected chi connectivity index (χ1v) is 15.6. The van der Waals surface area contributed by atoms with Crippen molar-refractivity contribution in [1.82, 2.24) is 10.2 Å². The van der Waals surface area contributed by atoms with Crippen LogP contribution in [0, 0.1) is 0 Å². The number of rotatable bonds is 17. The zero-order chi connectivity index (χ0) is 29.8. The summed E-state index contributed by atoms with van der Waals surface area (Å²) in [6, 6.07) is -0.269. The fraction of sp³-hybridized carbons (Fsp3) is 0.833. The Bertz CT molecular complexity index is 882. The first-order valence-electron chi connectivity index (χ1n) is 15.6. The molecule has 11 heteroatoms. The number of fused-ring (bicyclic) bond motifs is 1. The minimum atomic E-state index is -1.48. The number of carbonyl (C=O) groups is 3. The molecule has 11 nitrogen and oxygen atoms in total. The summed E-state index contributed by atoms with van der Waals surface area (Å²) in [4.78, 5) is 38.8. The van der Waals surface area contributed by atoms with Gasteiger partial charge in [0.25, 0.3) is 5.91 Å². The first kappa shape index (κ1) is 33.5. The van der Waals surface area contributed by atoms with Crippen LogP contribution in [0.3, 0.4) is 0 Å². The van der Waals surface area contributed by atoms with Gasteiger partial charge in [0.05, 0.1) is 24.7 Å². The minimum absolute atomic E-state index is 0.165. The Morgan fingerprint density at radius 3 is 2.29 bits per heavy atom. The molecule has 2 unspecified atom stereocenters. The summed E-state index contributed by atoms with van der Waals surface area (Å²) in [7, 11) is 0. The van der Waals surface area contributed by atoms with Crippen LogP contribution in [0.5, 0.6) is 0 Å². The zero-order valence-electron chi connectivity index (χ0n) is 24.7. The number of ether oxygens (including phenoxy) is 3. The number of carbonyl (C=O) groups excluding carboxylic acids is 3. The molecule has 234 valence electrons. The van der Waals surface area contributed by atoms with Crippen molar-refractivity contribution in [3.63, 3.8) is 0 Å². The summed E-state index contributed by atoms with van der Waals surface area (Å²) in [5, 5.41) is 32.9. The van der Waals surface area contributed by atoms with Gasteiger partial charge in [0, 0.05) is 12.6 Å². The molecule has 3 heterocycles. The third-order valence-corrected chi connectivity index (χ3v) is 8.23. The minimum Gasteiger partial charge on any atom is -0.412 e. The molecule has 0 aromatic rings. The van der Waals surface area contributed by atoms with Crippen molar-refractivity contribution in [2.75, 3.05) is 6.54 Å². The number of aliphatic hydroxyl groups excluding tert-OH is 3. The van der Waals surface area contributed by atoms with E-state index in [4.69, 9.17) is 14.2 Å². The van der Waals surface area contributed by atoms with Gasteiger partial charge in [-0.25, -0.2) is 4.79 Å². The van der Waals surface area contributed by atoms with Crippen LogP contribution in [0.4, 0.5) is 4.79 Å². The largest absolute Gasteiger partial charge is 0.415 e. The fourth-order valence-corrected chi connectivity index (χ4v) is 5.76. The number of hydrogen-bond donors (Lipinski definition) is 4. The number of nitrogens with zero attached hydrogens (tertiary/aromatic N) is 1. The summed E-state index contributed by atoms with van der Waals surface area (Å²) in [5.74, 6) is -1.01. The maximum absolute atomic E-state index is 12.8. The molecule has 0 radical (unpaired) electrons. The number of hydrogen-bond acceptors (Lipinski definition) is 9. The molecule has 7 atom stereocenters. The van der Waals surface area contributed by atoms with Crippen LogP contribution in [0.25, 0.3) is 0 Å². The average Bonchev–Trinajstić information content (AvgIpc) is 3.53. The Hall–Kier alpha value is -2.05. The molecule has 3 saturated heterocycles. The van der Waals surface area contributed by atoms with E-state index < -0.39 is 54.7 Å². The van der Waals surface area contributed by atoms with Crippen molar-refractivity contribution in [3.05, 3.63) is 11.8 Å². The maximum Gasteiger partial charge on any atom is 0.415 e. The standard InChI is InChI=1S/C30H50N2O9/c1-3-4-5-6-7-8-9-10-11-12-13-15-21(40-29-28(37)27(36)26(35)20(2)39-29)18-24(33)31-25(34)19-23-22-16-14-17-32(22)30(38)41-23/h19-22,26-29,35-37H,3-18H2,1-2H3,(H,31,33,34)/b23-19+/t20-,21?,22?,26-,27+,28+,29-/m0/s1. The van der Waals surface area contributed by atoms with Gasteiger partial charge >= 0.3 is 6.09 Å². The molecular formula is C30H50N2O9. The van der Waals surface area contributed by atoms with E-state index in [1.165, 1.54) is 44.9 Å². The van der Waals surface area contributed by atoms with Gasteiger partial charge in [0.1, 0.15) is 24.1 Å². The van der Waals surface area contributed by atoms with Gasteiger partial charge in [-0.2, -0.15) is 0 Å². The van der Waals surface area contributed by atoms with Gasteiger partial charge in [0.15, 0.2) is 6.29 Å². The third kappa shape index (κ3) is 10.3. The Balaban J connectivity index is 1.47. The van der Waals surface area contributed by atoms with Crippen molar-refractivity contribution >= 4 is 17.9 Å². The van der Waals surface area contributed by atoms with Crippen molar-refractivity contribution in [2.24, 2.45) is 0 Å². The predicted octanol–water partition coefficient (Wildman–Crippen LogP) is 3.43. The average molecular weight is 583 g/mol. The number of imide groups is 1. The summed E-state index contributed by atoms with van der Waals surface area (Å²) >= 11 is 0. The lowest BCUT2D eigenvalue weighted by atomic mass is 9.99. The van der Waals surface area contributed by atoms with E-state index in [0.29, 0.717) is 19.4 Å². The molecule has 3 amide bonds. The summed E-state index contributed by atoms with van der Waals surface area (Å²) in [6.45, 7) is 4.37. The van der Waals surface area contributed by atoms with Crippen LogP contribution in [-0.2, 0) is 23.8 Å². The van der Waals surface area contributed by atoms with E-state index in [0.717, 1.165) is 38.2 Å². The lowest BCUT2D eigenvalue weighted by Crippen LogP contribution is -2.58. The number of unbranched alkanes of at least 4 members (excludes halogenated alkanes) is 10.